The molecule has 3 rings (SSSR count). The largest absolute Gasteiger partial charge is 0.365 e. The van der Waals surface area contributed by atoms with Gasteiger partial charge >= 0.3 is 0 Å². The van der Waals surface area contributed by atoms with Gasteiger partial charge in [0, 0.05) is 18.6 Å². The molecule has 0 aliphatic carbocycles. The Kier molecular flexibility index (Phi) is 4.33. The van der Waals surface area contributed by atoms with E-state index in [0.29, 0.717) is 18.0 Å². The molecule has 1 fully saturated rings. The first-order valence-electron chi connectivity index (χ1n) is 7.54. The number of anilines is 1. The number of benzene rings is 1. The predicted molar refractivity (Wildman–Crippen MR) is 90.5 cm³/mol. The topological polar surface area (TPSA) is 41.0 Å². The van der Waals surface area contributed by atoms with E-state index < -0.39 is 0 Å². The van der Waals surface area contributed by atoms with Crippen molar-refractivity contribution in [2.75, 3.05) is 18.0 Å². The van der Waals surface area contributed by atoms with Gasteiger partial charge in [-0.15, -0.1) is 0 Å². The lowest BCUT2D eigenvalue weighted by atomic mass is 9.86. The highest BCUT2D eigenvalue weighted by Gasteiger charge is 2.34. The second kappa shape index (κ2) is 6.07. The van der Waals surface area contributed by atoms with E-state index in [-0.39, 0.29) is 0 Å². The van der Waals surface area contributed by atoms with Crippen LogP contribution < -0.4 is 10.2 Å². The number of rotatable bonds is 3. The molecule has 2 heterocycles. The zero-order valence-electron chi connectivity index (χ0n) is 12.6. The first-order chi connectivity index (χ1) is 10.1. The summed E-state index contributed by atoms with van der Waals surface area (Å²) in [4.78, 5) is 2.41. The molecule has 1 aliphatic rings. The molecule has 0 amide bonds. The number of hydrogen-bond donors (Lipinski definition) is 1. The summed E-state index contributed by atoms with van der Waals surface area (Å²) in [5, 5.41) is 4.37. The maximum absolute atomic E-state index is 6.48. The molecule has 1 aromatic carbocycles. The number of piperidine rings is 1. The van der Waals surface area contributed by atoms with Gasteiger partial charge in [0.1, 0.15) is 11.0 Å². The molecule has 1 N–H and O–H groups in total. The van der Waals surface area contributed by atoms with Crippen molar-refractivity contribution < 1.29 is 0 Å². The second-order valence-electron chi connectivity index (χ2n) is 5.77. The zero-order chi connectivity index (χ0) is 15.0. The highest BCUT2D eigenvalue weighted by atomic mass is 35.5. The Morgan fingerprint density at radius 3 is 2.95 bits per heavy atom. The van der Waals surface area contributed by atoms with Crippen molar-refractivity contribution in [3.05, 3.63) is 17.2 Å². The summed E-state index contributed by atoms with van der Waals surface area (Å²) >= 11 is 7.74. The van der Waals surface area contributed by atoms with Gasteiger partial charge in [-0.3, -0.25) is 0 Å². The lowest BCUT2D eigenvalue weighted by Crippen LogP contribution is -2.53. The number of halogens is 1. The molecule has 1 saturated heterocycles. The summed E-state index contributed by atoms with van der Waals surface area (Å²) < 4.78 is 8.80. The van der Waals surface area contributed by atoms with Crippen LogP contribution in [0.25, 0.3) is 11.0 Å². The molecule has 1 aromatic heterocycles. The minimum Gasteiger partial charge on any atom is -0.365 e. The average Bonchev–Trinajstić information content (AvgIpc) is 2.94. The Morgan fingerprint density at radius 2 is 2.19 bits per heavy atom. The van der Waals surface area contributed by atoms with Gasteiger partial charge in [-0.05, 0) is 37.9 Å². The van der Waals surface area contributed by atoms with Crippen LogP contribution in [0.1, 0.15) is 27.2 Å². The summed E-state index contributed by atoms with van der Waals surface area (Å²) in [6, 6.07) is 4.89. The predicted octanol–water partition coefficient (Wildman–Crippen LogP) is 3.56. The van der Waals surface area contributed by atoms with Crippen molar-refractivity contribution in [3.8, 4) is 0 Å². The average molecular weight is 325 g/mol. The van der Waals surface area contributed by atoms with E-state index in [0.717, 1.165) is 41.3 Å². The smallest absolute Gasteiger partial charge is 0.129 e. The highest BCUT2D eigenvalue weighted by Crippen LogP contribution is 2.38. The van der Waals surface area contributed by atoms with Crippen LogP contribution in [0.2, 0.25) is 5.02 Å². The van der Waals surface area contributed by atoms with E-state index in [4.69, 9.17) is 11.6 Å². The first-order valence-corrected chi connectivity index (χ1v) is 8.65. The molecule has 1 aliphatic heterocycles. The summed E-state index contributed by atoms with van der Waals surface area (Å²) in [6.07, 6.45) is 1.13. The Labute approximate surface area is 134 Å². The Bertz CT molecular complexity index is 629. The molecular formula is C15H21ClN4S. The normalized spacial score (nSPS) is 26.5. The van der Waals surface area contributed by atoms with Crippen LogP contribution in [-0.4, -0.2) is 33.9 Å². The van der Waals surface area contributed by atoms with E-state index in [9.17, 15) is 0 Å². The molecule has 3 atom stereocenters. The molecular weight excluding hydrogens is 304 g/mol. The van der Waals surface area contributed by atoms with Gasteiger partial charge in [-0.1, -0.05) is 25.4 Å². The second-order valence-corrected chi connectivity index (χ2v) is 6.71. The number of nitrogens with one attached hydrogen (secondary N) is 1. The quantitative estimate of drug-likeness (QED) is 0.937. The maximum Gasteiger partial charge on any atom is 0.129 e. The van der Waals surface area contributed by atoms with Gasteiger partial charge in [0.25, 0.3) is 0 Å². The summed E-state index contributed by atoms with van der Waals surface area (Å²) in [6.45, 7) is 8.79. The molecule has 0 saturated carbocycles. The van der Waals surface area contributed by atoms with Gasteiger partial charge in [-0.2, -0.15) is 8.75 Å². The van der Waals surface area contributed by atoms with Crippen LogP contribution in [0.5, 0.6) is 0 Å². The van der Waals surface area contributed by atoms with Crippen LogP contribution in [0, 0.1) is 5.92 Å². The Balaban J connectivity index is 1.96. The maximum atomic E-state index is 6.48. The Morgan fingerprint density at radius 1 is 1.38 bits per heavy atom. The van der Waals surface area contributed by atoms with Gasteiger partial charge < -0.3 is 10.2 Å². The van der Waals surface area contributed by atoms with Crippen LogP contribution in [-0.2, 0) is 0 Å². The number of fused-ring (bicyclic) bond motifs is 1. The molecule has 114 valence electrons. The van der Waals surface area contributed by atoms with Crippen molar-refractivity contribution in [2.45, 2.75) is 39.3 Å². The summed E-state index contributed by atoms with van der Waals surface area (Å²) in [5.74, 6) is 0.566. The van der Waals surface area contributed by atoms with Crippen LogP contribution in [0.15, 0.2) is 12.1 Å². The lowest BCUT2D eigenvalue weighted by Gasteiger charge is -2.44. The van der Waals surface area contributed by atoms with Crippen molar-refractivity contribution in [2.24, 2.45) is 5.92 Å². The van der Waals surface area contributed by atoms with E-state index in [1.54, 1.807) is 0 Å². The minimum absolute atomic E-state index is 0.424. The van der Waals surface area contributed by atoms with Crippen LogP contribution in [0.4, 0.5) is 5.69 Å². The first kappa shape index (κ1) is 15.0. The molecule has 3 unspecified atom stereocenters. The minimum atomic E-state index is 0.424. The van der Waals surface area contributed by atoms with Crippen LogP contribution in [0.3, 0.4) is 0 Å². The third-order valence-electron chi connectivity index (χ3n) is 4.67. The lowest BCUT2D eigenvalue weighted by molar-refractivity contribution is 0.274. The van der Waals surface area contributed by atoms with Crippen molar-refractivity contribution in [3.63, 3.8) is 0 Å². The van der Waals surface area contributed by atoms with E-state index >= 15 is 0 Å². The Hall–Kier alpha value is -0.910. The fourth-order valence-corrected chi connectivity index (χ4v) is 4.12. The van der Waals surface area contributed by atoms with Gasteiger partial charge in [0.15, 0.2) is 0 Å². The van der Waals surface area contributed by atoms with Crippen molar-refractivity contribution in [1.29, 1.82) is 0 Å². The molecule has 0 radical (unpaired) electrons. The highest BCUT2D eigenvalue weighted by molar-refractivity contribution is 7.00. The summed E-state index contributed by atoms with van der Waals surface area (Å²) in [7, 11) is 0. The molecule has 0 bridgehead atoms. The van der Waals surface area contributed by atoms with E-state index in [1.807, 2.05) is 12.1 Å². The van der Waals surface area contributed by atoms with Gasteiger partial charge in [-0.25, -0.2) is 0 Å². The molecule has 2 aromatic rings. The van der Waals surface area contributed by atoms with Crippen molar-refractivity contribution in [1.82, 2.24) is 14.1 Å². The van der Waals surface area contributed by atoms with Gasteiger partial charge in [0.05, 0.1) is 22.4 Å². The summed E-state index contributed by atoms with van der Waals surface area (Å²) in [5.41, 5.74) is 2.93. The fourth-order valence-electron chi connectivity index (χ4n) is 3.32. The van der Waals surface area contributed by atoms with E-state index in [2.05, 4.69) is 39.7 Å². The van der Waals surface area contributed by atoms with Gasteiger partial charge in [0.2, 0.25) is 0 Å². The molecule has 21 heavy (non-hydrogen) atoms. The SMILES string of the molecule is CCNC1CCN(c2c(Cl)ccc3nsnc23)C(C)C1C. The third-order valence-corrected chi connectivity index (χ3v) is 5.52. The number of hydrogen-bond acceptors (Lipinski definition) is 5. The number of nitrogens with zero attached hydrogens (tertiary/aromatic N) is 3. The fraction of sp³-hybridized carbons (Fsp3) is 0.600. The standard InChI is InChI=1S/C15H21ClN4S/c1-4-17-12-7-8-20(10(3)9(12)2)15-11(16)5-6-13-14(15)19-21-18-13/h5-6,9-10,12,17H,4,7-8H2,1-3H3. The van der Waals surface area contributed by atoms with Crippen LogP contribution >= 0.6 is 23.3 Å². The number of aromatic nitrogens is 2. The zero-order valence-corrected chi connectivity index (χ0v) is 14.2. The van der Waals surface area contributed by atoms with Crippen molar-refractivity contribution >= 4 is 40.0 Å². The third kappa shape index (κ3) is 2.62. The molecule has 6 heteroatoms. The molecule has 0 spiro atoms. The molecule has 4 nitrogen and oxygen atoms in total. The van der Waals surface area contributed by atoms with E-state index in [1.165, 1.54) is 11.7 Å². The monoisotopic (exact) mass is 324 g/mol.